The molecule has 7 heteroatoms. The highest BCUT2D eigenvalue weighted by atomic mass is 16.1. The Bertz CT molecular complexity index is 616. The highest BCUT2D eigenvalue weighted by Gasteiger charge is 2.30. The second kappa shape index (κ2) is 4.34. The lowest BCUT2D eigenvalue weighted by atomic mass is 10.1. The maximum atomic E-state index is 11.0. The number of aryl methyl sites for hydroxylation is 1. The van der Waals surface area contributed by atoms with Crippen molar-refractivity contribution in [2.75, 3.05) is 18.0 Å². The van der Waals surface area contributed by atoms with Crippen LogP contribution in [-0.4, -0.2) is 38.7 Å². The number of carbonyl (C=O) groups excluding carboxylic acids is 1. The molecular formula is C12H14N6O. The van der Waals surface area contributed by atoms with Gasteiger partial charge in [0.1, 0.15) is 5.82 Å². The fourth-order valence-electron chi connectivity index (χ4n) is 2.08. The molecule has 1 saturated heterocycles. The molecule has 0 unspecified atom stereocenters. The number of aromatic nitrogens is 4. The average molecular weight is 258 g/mol. The first-order valence-electron chi connectivity index (χ1n) is 6.01. The first-order chi connectivity index (χ1) is 9.13. The van der Waals surface area contributed by atoms with E-state index < -0.39 is 5.91 Å². The van der Waals surface area contributed by atoms with Crippen molar-refractivity contribution in [3.8, 4) is 0 Å². The van der Waals surface area contributed by atoms with Crippen molar-refractivity contribution in [3.05, 3.63) is 36.0 Å². The third-order valence-electron chi connectivity index (χ3n) is 3.19. The second-order valence-electron chi connectivity index (χ2n) is 4.65. The van der Waals surface area contributed by atoms with Crippen molar-refractivity contribution in [3.63, 3.8) is 0 Å². The Kier molecular flexibility index (Phi) is 2.66. The van der Waals surface area contributed by atoms with E-state index in [0.717, 1.165) is 24.6 Å². The number of hydrogen-bond acceptors (Lipinski definition) is 5. The zero-order valence-corrected chi connectivity index (χ0v) is 10.5. The molecule has 98 valence electrons. The molecule has 0 aliphatic carbocycles. The molecule has 0 atom stereocenters. The highest BCUT2D eigenvalue weighted by molar-refractivity contribution is 5.92. The molecule has 2 aromatic rings. The van der Waals surface area contributed by atoms with E-state index in [2.05, 4.69) is 20.0 Å². The van der Waals surface area contributed by atoms with Gasteiger partial charge in [-0.25, -0.2) is 4.98 Å². The van der Waals surface area contributed by atoms with Crippen LogP contribution in [0.4, 0.5) is 5.82 Å². The molecule has 1 aliphatic rings. The smallest absolute Gasteiger partial charge is 0.251 e. The van der Waals surface area contributed by atoms with Crippen LogP contribution in [0.5, 0.6) is 0 Å². The van der Waals surface area contributed by atoms with Crippen molar-refractivity contribution in [1.29, 1.82) is 0 Å². The van der Waals surface area contributed by atoms with Crippen molar-refractivity contribution < 1.29 is 4.79 Å². The van der Waals surface area contributed by atoms with E-state index in [1.165, 1.54) is 6.20 Å². The van der Waals surface area contributed by atoms with Gasteiger partial charge in [0.05, 0.1) is 29.7 Å². The van der Waals surface area contributed by atoms with E-state index in [1.54, 1.807) is 23.3 Å². The van der Waals surface area contributed by atoms with Gasteiger partial charge in [-0.3, -0.25) is 14.5 Å². The summed E-state index contributed by atoms with van der Waals surface area (Å²) in [6, 6.07) is 0.246. The first-order valence-corrected chi connectivity index (χ1v) is 6.01. The zero-order chi connectivity index (χ0) is 13.4. The zero-order valence-electron chi connectivity index (χ0n) is 10.5. The van der Waals surface area contributed by atoms with Gasteiger partial charge in [0.2, 0.25) is 0 Å². The summed E-state index contributed by atoms with van der Waals surface area (Å²) >= 11 is 0. The van der Waals surface area contributed by atoms with Gasteiger partial charge in [-0.1, -0.05) is 0 Å². The van der Waals surface area contributed by atoms with E-state index in [1.807, 2.05) is 6.92 Å². The number of hydrogen-bond donors (Lipinski definition) is 1. The molecule has 7 nitrogen and oxygen atoms in total. The number of amides is 1. The monoisotopic (exact) mass is 258 g/mol. The van der Waals surface area contributed by atoms with E-state index in [4.69, 9.17) is 5.73 Å². The van der Waals surface area contributed by atoms with Crippen LogP contribution in [-0.2, 0) is 0 Å². The number of rotatable bonds is 3. The molecule has 3 heterocycles. The lowest BCUT2D eigenvalue weighted by molar-refractivity contribution is 0.1000. The van der Waals surface area contributed by atoms with E-state index in [-0.39, 0.29) is 6.04 Å². The van der Waals surface area contributed by atoms with E-state index in [9.17, 15) is 4.79 Å². The maximum absolute atomic E-state index is 11.0. The molecule has 2 N–H and O–H groups in total. The minimum atomic E-state index is -0.452. The van der Waals surface area contributed by atoms with Crippen LogP contribution in [0, 0.1) is 6.92 Å². The SMILES string of the molecule is Cc1cncc(N2CC(n3cc(C(N)=O)cn3)C2)n1. The Morgan fingerprint density at radius 2 is 2.16 bits per heavy atom. The summed E-state index contributed by atoms with van der Waals surface area (Å²) in [6.45, 7) is 3.52. The quantitative estimate of drug-likeness (QED) is 0.845. The molecule has 0 spiro atoms. The Morgan fingerprint density at radius 1 is 1.37 bits per heavy atom. The number of nitrogens with two attached hydrogens (primary N) is 1. The lowest BCUT2D eigenvalue weighted by Crippen LogP contribution is -2.48. The predicted octanol–water partition coefficient (Wildman–Crippen LogP) is 0.142. The second-order valence-corrected chi connectivity index (χ2v) is 4.65. The standard InChI is InChI=1S/C12H14N6O/c1-8-2-14-4-11(16-8)17-6-10(7-17)18-5-9(3-15-18)12(13)19/h2-5,10H,6-7H2,1H3,(H2,13,19). The van der Waals surface area contributed by atoms with Gasteiger partial charge < -0.3 is 10.6 Å². The summed E-state index contributed by atoms with van der Waals surface area (Å²) < 4.78 is 1.78. The molecule has 0 saturated carbocycles. The number of anilines is 1. The minimum absolute atomic E-state index is 0.246. The third-order valence-corrected chi connectivity index (χ3v) is 3.19. The van der Waals surface area contributed by atoms with Gasteiger partial charge >= 0.3 is 0 Å². The van der Waals surface area contributed by atoms with Crippen LogP contribution in [0.1, 0.15) is 22.1 Å². The Morgan fingerprint density at radius 3 is 2.79 bits per heavy atom. The molecule has 0 bridgehead atoms. The minimum Gasteiger partial charge on any atom is -0.366 e. The van der Waals surface area contributed by atoms with Crippen molar-refractivity contribution in [2.45, 2.75) is 13.0 Å². The molecule has 3 rings (SSSR count). The van der Waals surface area contributed by atoms with Crippen LogP contribution in [0.25, 0.3) is 0 Å². The van der Waals surface area contributed by atoms with Crippen molar-refractivity contribution >= 4 is 11.7 Å². The molecule has 2 aromatic heterocycles. The number of carbonyl (C=O) groups is 1. The van der Waals surface area contributed by atoms with Gasteiger partial charge in [0.15, 0.2) is 0 Å². The normalized spacial score (nSPS) is 15.3. The summed E-state index contributed by atoms with van der Waals surface area (Å²) in [7, 11) is 0. The van der Waals surface area contributed by atoms with Gasteiger partial charge in [-0.15, -0.1) is 0 Å². The summed E-state index contributed by atoms with van der Waals surface area (Å²) in [5.74, 6) is 0.422. The van der Waals surface area contributed by atoms with Crippen LogP contribution in [0.2, 0.25) is 0 Å². The number of primary amides is 1. The fraction of sp³-hybridized carbons (Fsp3) is 0.333. The molecule has 19 heavy (non-hydrogen) atoms. The van der Waals surface area contributed by atoms with Crippen LogP contribution in [0.3, 0.4) is 0 Å². The van der Waals surface area contributed by atoms with E-state index >= 15 is 0 Å². The first kappa shape index (κ1) is 11.6. The van der Waals surface area contributed by atoms with Gasteiger partial charge in [-0.2, -0.15) is 5.10 Å². The maximum Gasteiger partial charge on any atom is 0.251 e. The Hall–Kier alpha value is -2.44. The van der Waals surface area contributed by atoms with Crippen LogP contribution in [0.15, 0.2) is 24.8 Å². The lowest BCUT2D eigenvalue weighted by Gasteiger charge is -2.39. The fourth-order valence-corrected chi connectivity index (χ4v) is 2.08. The van der Waals surface area contributed by atoms with Gasteiger partial charge in [0.25, 0.3) is 5.91 Å². The summed E-state index contributed by atoms with van der Waals surface area (Å²) in [6.07, 6.45) is 6.66. The van der Waals surface area contributed by atoms with Crippen LogP contribution < -0.4 is 10.6 Å². The highest BCUT2D eigenvalue weighted by Crippen LogP contribution is 2.25. The topological polar surface area (TPSA) is 89.9 Å². The summed E-state index contributed by atoms with van der Waals surface area (Å²) in [4.78, 5) is 21.7. The van der Waals surface area contributed by atoms with Crippen molar-refractivity contribution in [2.24, 2.45) is 5.73 Å². The van der Waals surface area contributed by atoms with Gasteiger partial charge in [0, 0.05) is 25.5 Å². The molecule has 0 aromatic carbocycles. The summed E-state index contributed by atoms with van der Waals surface area (Å²) in [5, 5.41) is 4.16. The third kappa shape index (κ3) is 2.14. The molecule has 0 radical (unpaired) electrons. The average Bonchev–Trinajstić information content (AvgIpc) is 2.76. The van der Waals surface area contributed by atoms with E-state index in [0.29, 0.717) is 5.56 Å². The predicted molar refractivity (Wildman–Crippen MR) is 68.8 cm³/mol. The largest absolute Gasteiger partial charge is 0.366 e. The Labute approximate surface area is 110 Å². The summed E-state index contributed by atoms with van der Waals surface area (Å²) in [5.41, 5.74) is 6.54. The van der Waals surface area contributed by atoms with Crippen LogP contribution >= 0.6 is 0 Å². The molecule has 1 fully saturated rings. The molecule has 1 amide bonds. The van der Waals surface area contributed by atoms with Crippen molar-refractivity contribution in [1.82, 2.24) is 19.7 Å². The number of nitrogens with zero attached hydrogens (tertiary/aromatic N) is 5. The Balaban J connectivity index is 1.67. The molecular weight excluding hydrogens is 244 g/mol. The molecule has 1 aliphatic heterocycles. The van der Waals surface area contributed by atoms with Gasteiger partial charge in [-0.05, 0) is 6.92 Å².